The second-order valence-corrected chi connectivity index (χ2v) is 4.51. The summed E-state index contributed by atoms with van der Waals surface area (Å²) in [6, 6.07) is 17.9. The van der Waals surface area contributed by atoms with Gasteiger partial charge in [0.15, 0.2) is 0 Å². The zero-order valence-electron chi connectivity index (χ0n) is 11.7. The van der Waals surface area contributed by atoms with Gasteiger partial charge >= 0.3 is 6.03 Å². The Balaban J connectivity index is 1.95. The monoisotopic (exact) mass is 280 g/mol. The molecule has 0 unspecified atom stereocenters. The van der Waals surface area contributed by atoms with Crippen LogP contribution >= 0.6 is 0 Å². The van der Waals surface area contributed by atoms with Crippen LogP contribution in [-0.4, -0.2) is 11.9 Å². The van der Waals surface area contributed by atoms with Gasteiger partial charge in [-0.2, -0.15) is 0 Å². The number of carbonyl (C=O) groups excluding carboxylic acids is 2. The lowest BCUT2D eigenvalue weighted by Crippen LogP contribution is -2.34. The summed E-state index contributed by atoms with van der Waals surface area (Å²) in [4.78, 5) is 23.6. The number of imide groups is 1. The molecule has 0 aliphatic carbocycles. The van der Waals surface area contributed by atoms with Crippen molar-refractivity contribution in [3.8, 4) is 0 Å². The van der Waals surface area contributed by atoms with E-state index in [2.05, 4.69) is 10.6 Å². The summed E-state index contributed by atoms with van der Waals surface area (Å²) in [5.74, 6) is -0.424. The van der Waals surface area contributed by atoms with Crippen LogP contribution in [0.4, 0.5) is 10.5 Å². The predicted octanol–water partition coefficient (Wildman–Crippen LogP) is 3.44. The Hall–Kier alpha value is -2.88. The molecule has 0 saturated carbocycles. The fourth-order valence-corrected chi connectivity index (χ4v) is 1.75. The van der Waals surface area contributed by atoms with Gasteiger partial charge in [0.05, 0.1) is 0 Å². The maximum absolute atomic E-state index is 11.9. The van der Waals surface area contributed by atoms with E-state index in [4.69, 9.17) is 0 Å². The van der Waals surface area contributed by atoms with Crippen LogP contribution in [0.1, 0.15) is 12.5 Å². The van der Waals surface area contributed by atoms with Gasteiger partial charge in [-0.1, -0.05) is 48.5 Å². The molecule has 2 rings (SSSR count). The minimum Gasteiger partial charge on any atom is -0.308 e. The number of hydrogen-bond donors (Lipinski definition) is 2. The summed E-state index contributed by atoms with van der Waals surface area (Å²) in [5, 5.41) is 4.88. The lowest BCUT2D eigenvalue weighted by atomic mass is 10.1. The van der Waals surface area contributed by atoms with E-state index in [1.54, 1.807) is 37.3 Å². The van der Waals surface area contributed by atoms with E-state index in [-0.39, 0.29) is 0 Å². The van der Waals surface area contributed by atoms with Gasteiger partial charge in [0.25, 0.3) is 5.91 Å². The fraction of sp³-hybridized carbons (Fsp3) is 0.0588. The molecule has 0 aliphatic rings. The number of nitrogens with one attached hydrogen (secondary N) is 2. The highest BCUT2D eigenvalue weighted by Gasteiger charge is 2.09. The molecule has 0 heterocycles. The third-order valence-electron chi connectivity index (χ3n) is 2.80. The van der Waals surface area contributed by atoms with Crippen molar-refractivity contribution < 1.29 is 9.59 Å². The van der Waals surface area contributed by atoms with Gasteiger partial charge in [-0.15, -0.1) is 0 Å². The van der Waals surface area contributed by atoms with Gasteiger partial charge in [-0.25, -0.2) is 4.79 Å². The van der Waals surface area contributed by atoms with E-state index >= 15 is 0 Å². The van der Waals surface area contributed by atoms with E-state index < -0.39 is 11.9 Å². The first-order valence-corrected chi connectivity index (χ1v) is 6.56. The fourth-order valence-electron chi connectivity index (χ4n) is 1.75. The second-order valence-electron chi connectivity index (χ2n) is 4.51. The van der Waals surface area contributed by atoms with Crippen LogP contribution in [-0.2, 0) is 4.79 Å². The van der Waals surface area contributed by atoms with Gasteiger partial charge in [-0.05, 0) is 30.7 Å². The normalized spacial score (nSPS) is 10.8. The van der Waals surface area contributed by atoms with Crippen LogP contribution in [0.3, 0.4) is 0 Å². The number of hydrogen-bond acceptors (Lipinski definition) is 2. The molecular formula is C17H16N2O2. The molecule has 0 bridgehead atoms. The third kappa shape index (κ3) is 4.62. The summed E-state index contributed by atoms with van der Waals surface area (Å²) < 4.78 is 0. The van der Waals surface area contributed by atoms with Crippen molar-refractivity contribution in [2.24, 2.45) is 0 Å². The van der Waals surface area contributed by atoms with Crippen molar-refractivity contribution in [2.45, 2.75) is 6.92 Å². The molecule has 21 heavy (non-hydrogen) atoms. The molecule has 0 atom stereocenters. The second kappa shape index (κ2) is 7.05. The molecule has 0 radical (unpaired) electrons. The van der Waals surface area contributed by atoms with E-state index in [0.717, 1.165) is 5.56 Å². The average Bonchev–Trinajstić information content (AvgIpc) is 2.49. The average molecular weight is 280 g/mol. The maximum Gasteiger partial charge on any atom is 0.326 e. The number of urea groups is 1. The van der Waals surface area contributed by atoms with Crippen LogP contribution in [0.15, 0.2) is 66.2 Å². The number of benzene rings is 2. The number of para-hydroxylation sites is 1. The Bertz CT molecular complexity index is 649. The standard InChI is InChI=1S/C17H16N2O2/c1-13(12-14-8-4-2-5-9-14)16(20)19-17(21)18-15-10-6-3-7-11-15/h2-12H,1H3,(H2,18,19,20,21)/b13-12-. The van der Waals surface area contributed by atoms with E-state index in [9.17, 15) is 9.59 Å². The molecule has 2 aromatic rings. The van der Waals surface area contributed by atoms with Crippen LogP contribution in [0, 0.1) is 0 Å². The molecule has 0 spiro atoms. The molecule has 0 fully saturated rings. The number of carbonyl (C=O) groups is 2. The zero-order valence-corrected chi connectivity index (χ0v) is 11.7. The summed E-state index contributed by atoms with van der Waals surface area (Å²) in [6.07, 6.45) is 1.73. The molecular weight excluding hydrogens is 264 g/mol. The van der Waals surface area contributed by atoms with Gasteiger partial charge in [0, 0.05) is 11.3 Å². The number of amides is 3. The first-order valence-electron chi connectivity index (χ1n) is 6.56. The Morgan fingerprint density at radius 2 is 1.48 bits per heavy atom. The molecule has 4 heteroatoms. The van der Waals surface area contributed by atoms with Gasteiger partial charge in [0.2, 0.25) is 0 Å². The summed E-state index contributed by atoms with van der Waals surface area (Å²) in [7, 11) is 0. The van der Waals surface area contributed by atoms with E-state index in [0.29, 0.717) is 11.3 Å². The maximum atomic E-state index is 11.9. The van der Waals surface area contributed by atoms with Crippen molar-refractivity contribution in [3.63, 3.8) is 0 Å². The number of rotatable bonds is 3. The Labute approximate surface area is 123 Å². The lowest BCUT2D eigenvalue weighted by Gasteiger charge is -2.06. The molecule has 0 aromatic heterocycles. The highest BCUT2D eigenvalue weighted by molar-refractivity contribution is 6.09. The predicted molar refractivity (Wildman–Crippen MR) is 83.7 cm³/mol. The molecule has 2 aromatic carbocycles. The van der Waals surface area contributed by atoms with Crippen LogP contribution in [0.25, 0.3) is 6.08 Å². The Morgan fingerprint density at radius 3 is 2.10 bits per heavy atom. The van der Waals surface area contributed by atoms with Crippen LogP contribution < -0.4 is 10.6 Å². The van der Waals surface area contributed by atoms with Crippen molar-refractivity contribution in [1.29, 1.82) is 0 Å². The topological polar surface area (TPSA) is 58.2 Å². The lowest BCUT2D eigenvalue weighted by molar-refractivity contribution is -0.116. The molecule has 0 aliphatic heterocycles. The first kappa shape index (κ1) is 14.5. The molecule has 2 N–H and O–H groups in total. The highest BCUT2D eigenvalue weighted by Crippen LogP contribution is 2.07. The van der Waals surface area contributed by atoms with Crippen molar-refractivity contribution in [2.75, 3.05) is 5.32 Å². The first-order chi connectivity index (χ1) is 10.1. The zero-order chi connectivity index (χ0) is 15.1. The molecule has 0 saturated heterocycles. The largest absolute Gasteiger partial charge is 0.326 e. The summed E-state index contributed by atoms with van der Waals surface area (Å²) >= 11 is 0. The number of anilines is 1. The SMILES string of the molecule is C/C(=C/c1ccccc1)C(=O)NC(=O)Nc1ccccc1. The van der Waals surface area contributed by atoms with Gasteiger partial charge in [-0.3, -0.25) is 10.1 Å². The Morgan fingerprint density at radius 1 is 0.905 bits per heavy atom. The third-order valence-corrected chi connectivity index (χ3v) is 2.80. The smallest absolute Gasteiger partial charge is 0.308 e. The molecule has 3 amide bonds. The van der Waals surface area contributed by atoms with Crippen LogP contribution in [0.5, 0.6) is 0 Å². The van der Waals surface area contributed by atoms with E-state index in [1.165, 1.54) is 0 Å². The van der Waals surface area contributed by atoms with Crippen molar-refractivity contribution in [1.82, 2.24) is 5.32 Å². The van der Waals surface area contributed by atoms with Gasteiger partial charge < -0.3 is 5.32 Å². The molecule has 106 valence electrons. The Kier molecular flexibility index (Phi) is 4.88. The van der Waals surface area contributed by atoms with Crippen LogP contribution in [0.2, 0.25) is 0 Å². The van der Waals surface area contributed by atoms with Crippen molar-refractivity contribution in [3.05, 3.63) is 71.8 Å². The summed E-state index contributed by atoms with van der Waals surface area (Å²) in [5.41, 5.74) is 2.01. The quantitative estimate of drug-likeness (QED) is 0.846. The van der Waals surface area contributed by atoms with E-state index in [1.807, 2.05) is 36.4 Å². The summed E-state index contributed by atoms with van der Waals surface area (Å²) in [6.45, 7) is 1.66. The van der Waals surface area contributed by atoms with Crippen molar-refractivity contribution >= 4 is 23.7 Å². The van der Waals surface area contributed by atoms with Gasteiger partial charge in [0.1, 0.15) is 0 Å². The minimum atomic E-state index is -0.549. The molecule has 4 nitrogen and oxygen atoms in total. The highest BCUT2D eigenvalue weighted by atomic mass is 16.2. The minimum absolute atomic E-state index is 0.424.